The number of hydrogen-bond donors (Lipinski definition) is 0. The smallest absolute Gasteiger partial charge is 0.268 e. The zero-order chi connectivity index (χ0) is 44.5. The summed E-state index contributed by atoms with van der Waals surface area (Å²) in [5.74, 6) is 2.65. The molecule has 5 aromatic heterocycles. The van der Waals surface area contributed by atoms with Gasteiger partial charge in [0, 0.05) is 66.2 Å². The zero-order valence-corrected chi connectivity index (χ0v) is 39.4. The summed E-state index contributed by atoms with van der Waals surface area (Å²) >= 11 is 0. The Morgan fingerprint density at radius 1 is 0.603 bits per heavy atom. The molecular formula is C59H39N7OPt-2. The molecule has 0 amide bonds. The van der Waals surface area contributed by atoms with Crippen molar-refractivity contribution in [3.05, 3.63) is 217 Å². The van der Waals surface area contributed by atoms with E-state index in [1.54, 1.807) is 0 Å². The second-order valence-corrected chi connectivity index (χ2v) is 18.0. The van der Waals surface area contributed by atoms with E-state index in [0.717, 1.165) is 83.9 Å². The van der Waals surface area contributed by atoms with E-state index in [2.05, 4.69) is 214 Å². The molecule has 0 radical (unpaired) electrons. The van der Waals surface area contributed by atoms with E-state index in [4.69, 9.17) is 14.7 Å². The van der Waals surface area contributed by atoms with Crippen LogP contribution in [0.3, 0.4) is 0 Å². The van der Waals surface area contributed by atoms with Crippen molar-refractivity contribution in [1.29, 1.82) is 0 Å². The third-order valence-corrected chi connectivity index (χ3v) is 13.8. The number of hydrogen-bond acceptors (Lipinski definition) is 3. The van der Waals surface area contributed by atoms with Crippen LogP contribution in [0.5, 0.6) is 11.5 Å². The van der Waals surface area contributed by atoms with Crippen molar-refractivity contribution in [3.63, 3.8) is 0 Å². The molecule has 14 rings (SSSR count). The number of nitrogens with zero attached hydrogens (tertiary/aromatic N) is 7. The van der Waals surface area contributed by atoms with E-state index in [-0.39, 0.29) is 26.5 Å². The molecule has 0 bridgehead atoms. The second-order valence-electron chi connectivity index (χ2n) is 18.0. The fourth-order valence-corrected chi connectivity index (χ4v) is 10.7. The van der Waals surface area contributed by atoms with Crippen molar-refractivity contribution in [2.45, 2.75) is 26.2 Å². The predicted octanol–water partition coefficient (Wildman–Crippen LogP) is 12.9. The first kappa shape index (κ1) is 40.2. The molecule has 8 aromatic carbocycles. The number of imidazole rings is 3. The minimum atomic E-state index is -0.199. The molecule has 1 aliphatic carbocycles. The average molecular weight is 1060 g/mol. The number of pyridine rings is 1. The molecule has 0 aliphatic heterocycles. The van der Waals surface area contributed by atoms with Crippen LogP contribution < -0.4 is 9.30 Å². The van der Waals surface area contributed by atoms with E-state index >= 15 is 0 Å². The maximum absolute atomic E-state index is 6.72. The molecule has 13 aromatic rings. The molecule has 5 heterocycles. The van der Waals surface area contributed by atoms with Crippen molar-refractivity contribution in [1.82, 2.24) is 28.1 Å². The Labute approximate surface area is 405 Å². The summed E-state index contributed by atoms with van der Waals surface area (Å²) in [5, 5.41) is 2.37. The Morgan fingerprint density at radius 3 is 2.24 bits per heavy atom. The van der Waals surface area contributed by atoms with Crippen LogP contribution >= 0.6 is 0 Å². The van der Waals surface area contributed by atoms with Gasteiger partial charge in [-0.05, 0) is 82.3 Å². The van der Waals surface area contributed by atoms with Crippen molar-refractivity contribution in [2.75, 3.05) is 0 Å². The third kappa shape index (κ3) is 5.74. The molecule has 8 nitrogen and oxygen atoms in total. The van der Waals surface area contributed by atoms with Crippen LogP contribution in [0.4, 0.5) is 0 Å². The van der Waals surface area contributed by atoms with Gasteiger partial charge in [0.1, 0.15) is 5.82 Å². The fourth-order valence-electron chi connectivity index (χ4n) is 10.7. The van der Waals surface area contributed by atoms with Gasteiger partial charge in [-0.15, -0.1) is 30.3 Å². The first-order valence-electron chi connectivity index (χ1n) is 22.6. The summed E-state index contributed by atoms with van der Waals surface area (Å²) in [4.78, 5) is 10.4. The Balaban J connectivity index is 0.00000457. The van der Waals surface area contributed by atoms with Gasteiger partial charge in [0.15, 0.2) is 0 Å². The van der Waals surface area contributed by atoms with Gasteiger partial charge in [0.25, 0.3) is 6.33 Å². The van der Waals surface area contributed by atoms with Crippen LogP contribution in [0, 0.1) is 25.4 Å². The number of para-hydroxylation sites is 6. The normalized spacial score (nSPS) is 12.9. The predicted molar refractivity (Wildman–Crippen MR) is 265 cm³/mol. The number of aromatic nitrogens is 7. The third-order valence-electron chi connectivity index (χ3n) is 13.8. The molecular weight excluding hydrogens is 1020 g/mol. The number of benzene rings is 8. The van der Waals surface area contributed by atoms with Gasteiger partial charge in [-0.1, -0.05) is 123 Å². The number of fused-ring (bicyclic) bond motifs is 12. The van der Waals surface area contributed by atoms with Gasteiger partial charge < -0.3 is 18.3 Å². The van der Waals surface area contributed by atoms with Gasteiger partial charge in [0.05, 0.1) is 38.8 Å². The van der Waals surface area contributed by atoms with Crippen LogP contribution in [-0.2, 0) is 26.5 Å². The number of rotatable bonds is 6. The summed E-state index contributed by atoms with van der Waals surface area (Å²) in [7, 11) is 0. The van der Waals surface area contributed by atoms with Crippen molar-refractivity contribution < 1.29 is 30.4 Å². The molecule has 9 heteroatoms. The monoisotopic (exact) mass is 1060 g/mol. The van der Waals surface area contributed by atoms with Gasteiger partial charge in [0.2, 0.25) is 5.78 Å². The topological polar surface area (TPSA) is 58.1 Å². The largest absolute Gasteiger partial charge is 0.510 e. The maximum atomic E-state index is 6.72. The van der Waals surface area contributed by atoms with Crippen molar-refractivity contribution in [2.24, 2.45) is 0 Å². The number of ether oxygens (including phenoxy) is 1. The zero-order valence-electron chi connectivity index (χ0n) is 37.2. The molecule has 1 aliphatic rings. The molecule has 0 atom stereocenters. The Bertz CT molecular complexity index is 4190. The Hall–Kier alpha value is -8.06. The molecule has 0 N–H and O–H groups in total. The minimum absolute atomic E-state index is 0. The van der Waals surface area contributed by atoms with Crippen LogP contribution in [0.1, 0.15) is 30.5 Å². The van der Waals surface area contributed by atoms with E-state index in [1.807, 2.05) is 30.5 Å². The molecule has 0 unspecified atom stereocenters. The van der Waals surface area contributed by atoms with Crippen molar-refractivity contribution >= 4 is 60.7 Å². The van der Waals surface area contributed by atoms with Gasteiger partial charge in [-0.25, -0.2) is 9.97 Å². The molecule has 0 saturated carbocycles. The van der Waals surface area contributed by atoms with Gasteiger partial charge in [-0.3, -0.25) is 9.13 Å². The summed E-state index contributed by atoms with van der Waals surface area (Å²) in [5.41, 5.74) is 16.8. The van der Waals surface area contributed by atoms with E-state index in [0.29, 0.717) is 11.5 Å². The Morgan fingerprint density at radius 2 is 1.34 bits per heavy atom. The fraction of sp³-hybridized carbons (Fsp3) is 0.0678. The van der Waals surface area contributed by atoms with Crippen LogP contribution in [0.15, 0.2) is 182 Å². The molecule has 68 heavy (non-hydrogen) atoms. The van der Waals surface area contributed by atoms with Crippen LogP contribution in [-0.4, -0.2) is 28.1 Å². The first-order chi connectivity index (χ1) is 32.9. The SMILES string of the molecule is Cc1cccc2c1nc1n(-c3cc4c(cn3)-c3ccccc3C4(C)C)c3[c-]c(Oc4[c-]c(-n5[c-][n+](-c6cccc7c8ccccc8n(-c8ccccc8)c67)c6ccccc65)ccc4)ccc3n21.[Pt]. The summed E-state index contributed by atoms with van der Waals surface area (Å²) < 4.78 is 17.6. The maximum Gasteiger partial charge on any atom is 0.268 e. The molecule has 0 fully saturated rings. The van der Waals surface area contributed by atoms with E-state index < -0.39 is 0 Å². The quantitative estimate of drug-likeness (QED) is 0.123. The molecule has 328 valence electrons. The van der Waals surface area contributed by atoms with Gasteiger partial charge >= 0.3 is 0 Å². The van der Waals surface area contributed by atoms with Crippen LogP contribution in [0.25, 0.3) is 94.7 Å². The minimum Gasteiger partial charge on any atom is -0.510 e. The molecule has 0 spiro atoms. The average Bonchev–Trinajstić information content (AvgIpc) is 4.16. The summed E-state index contributed by atoms with van der Waals surface area (Å²) in [6, 6.07) is 68.6. The molecule has 0 saturated heterocycles. The number of aryl methyl sites for hydroxylation is 1. The van der Waals surface area contributed by atoms with E-state index in [1.165, 1.54) is 27.5 Å². The van der Waals surface area contributed by atoms with E-state index in [9.17, 15) is 0 Å². The Kier molecular flexibility index (Phi) is 8.86. The summed E-state index contributed by atoms with van der Waals surface area (Å²) in [6.07, 6.45) is 5.76. The standard InChI is InChI=1S/C59H39N7O.Pt/c1-37-16-13-28-52-56(37)61-58-65(52)51-31-30-41(33-54(51)66(58)55-34-47-45(35-60-55)42-21-7-9-24-46(42)59(47,2)3)67-40-20-14-19-39(32-40)62-36-63(50-27-12-11-26-49(50)62)53-29-15-23-44-43-22-8-10-25-48(43)64(57(44)53)38-17-5-4-6-18-38;/h4-31,34-35H,1-3H3;/q-2;. The van der Waals surface area contributed by atoms with Crippen LogP contribution in [0.2, 0.25) is 0 Å². The van der Waals surface area contributed by atoms with Crippen molar-refractivity contribution in [3.8, 4) is 45.5 Å². The second kappa shape index (κ2) is 15.0. The summed E-state index contributed by atoms with van der Waals surface area (Å²) in [6.45, 7) is 6.69. The van der Waals surface area contributed by atoms with Gasteiger partial charge in [-0.2, -0.15) is 12.1 Å². The first-order valence-corrected chi connectivity index (χ1v) is 22.6.